The van der Waals surface area contributed by atoms with Crippen molar-refractivity contribution in [2.24, 2.45) is 11.8 Å². The molecule has 0 aromatic carbocycles. The van der Waals surface area contributed by atoms with Gasteiger partial charge in [-0.3, -0.25) is 0 Å². The van der Waals surface area contributed by atoms with Gasteiger partial charge in [0.05, 0.1) is 6.10 Å². The fourth-order valence-corrected chi connectivity index (χ4v) is 2.89. The molecule has 112 valence electrons. The van der Waals surface area contributed by atoms with Gasteiger partial charge in [-0.2, -0.15) is 9.97 Å². The van der Waals surface area contributed by atoms with Gasteiger partial charge in [0.25, 0.3) is 0 Å². The third-order valence-corrected chi connectivity index (χ3v) is 3.48. The summed E-state index contributed by atoms with van der Waals surface area (Å²) in [7, 11) is 0. The van der Waals surface area contributed by atoms with Gasteiger partial charge in [0, 0.05) is 0 Å². The Balaban J connectivity index is 2.06. The monoisotopic (exact) mass is 299 g/mol. The lowest BCUT2D eigenvalue weighted by Gasteiger charge is -2.30. The Kier molecular flexibility index (Phi) is 5.02. The first-order valence-electron chi connectivity index (χ1n) is 7.17. The minimum atomic E-state index is -0.0176. The predicted octanol–water partition coefficient (Wildman–Crippen LogP) is 3.52. The number of aromatic nitrogens is 3. The summed E-state index contributed by atoms with van der Waals surface area (Å²) >= 11 is 5.89. The van der Waals surface area contributed by atoms with Crippen LogP contribution in [0.1, 0.15) is 47.0 Å². The number of ether oxygens (including phenoxy) is 2. The van der Waals surface area contributed by atoms with Crippen molar-refractivity contribution in [2.45, 2.75) is 59.2 Å². The molecule has 1 aliphatic rings. The second-order valence-electron chi connectivity index (χ2n) is 5.99. The van der Waals surface area contributed by atoms with Crippen molar-refractivity contribution in [3.05, 3.63) is 5.28 Å². The van der Waals surface area contributed by atoms with E-state index in [1.807, 2.05) is 13.8 Å². The van der Waals surface area contributed by atoms with Crippen LogP contribution in [-0.2, 0) is 0 Å². The van der Waals surface area contributed by atoms with Gasteiger partial charge < -0.3 is 9.47 Å². The van der Waals surface area contributed by atoms with Gasteiger partial charge in [-0.05, 0) is 56.5 Å². The van der Waals surface area contributed by atoms with Gasteiger partial charge in [-0.15, -0.1) is 4.98 Å². The lowest BCUT2D eigenvalue weighted by Crippen LogP contribution is -2.29. The molecule has 0 bridgehead atoms. The fraction of sp³-hybridized carbons (Fsp3) is 0.786. The van der Waals surface area contributed by atoms with Crippen LogP contribution in [-0.4, -0.2) is 27.2 Å². The van der Waals surface area contributed by atoms with Crippen molar-refractivity contribution in [1.29, 1.82) is 0 Å². The molecular weight excluding hydrogens is 278 g/mol. The van der Waals surface area contributed by atoms with Crippen LogP contribution in [0.15, 0.2) is 0 Å². The van der Waals surface area contributed by atoms with Crippen molar-refractivity contribution in [3.8, 4) is 12.0 Å². The first-order valence-corrected chi connectivity index (χ1v) is 7.55. The van der Waals surface area contributed by atoms with Gasteiger partial charge >= 0.3 is 12.0 Å². The van der Waals surface area contributed by atoms with E-state index >= 15 is 0 Å². The van der Waals surface area contributed by atoms with Crippen LogP contribution >= 0.6 is 11.6 Å². The minimum Gasteiger partial charge on any atom is -0.461 e. The number of rotatable bonds is 4. The molecule has 1 fully saturated rings. The summed E-state index contributed by atoms with van der Waals surface area (Å²) in [6.45, 7) is 8.31. The molecule has 1 aromatic heterocycles. The van der Waals surface area contributed by atoms with E-state index in [0.29, 0.717) is 11.8 Å². The standard InChI is InChI=1S/C14H22ClN3O2/c1-8(2)19-13-16-12(15)17-14(18-13)20-11-6-9(3)5-10(4)7-11/h8-11H,5-7H2,1-4H3. The van der Waals surface area contributed by atoms with Crippen LogP contribution in [0, 0.1) is 11.8 Å². The fourth-order valence-electron chi connectivity index (χ4n) is 2.75. The average molecular weight is 300 g/mol. The first-order chi connectivity index (χ1) is 9.42. The van der Waals surface area contributed by atoms with Crippen molar-refractivity contribution >= 4 is 11.6 Å². The van der Waals surface area contributed by atoms with Crippen molar-refractivity contribution in [1.82, 2.24) is 15.0 Å². The van der Waals surface area contributed by atoms with Crippen LogP contribution in [0.4, 0.5) is 0 Å². The summed E-state index contributed by atoms with van der Waals surface area (Å²) in [5.74, 6) is 1.32. The maximum atomic E-state index is 5.89. The summed E-state index contributed by atoms with van der Waals surface area (Å²) < 4.78 is 11.3. The minimum absolute atomic E-state index is 0.0176. The maximum absolute atomic E-state index is 5.89. The first kappa shape index (κ1) is 15.3. The zero-order valence-corrected chi connectivity index (χ0v) is 13.2. The number of nitrogens with zero attached hydrogens (tertiary/aromatic N) is 3. The predicted molar refractivity (Wildman–Crippen MR) is 77.2 cm³/mol. The Labute approximate surface area is 125 Å². The van der Waals surface area contributed by atoms with E-state index in [9.17, 15) is 0 Å². The lowest BCUT2D eigenvalue weighted by molar-refractivity contribution is 0.0899. The van der Waals surface area contributed by atoms with Crippen molar-refractivity contribution < 1.29 is 9.47 Å². The summed E-state index contributed by atoms with van der Waals surface area (Å²) in [6, 6.07) is 0.471. The Morgan fingerprint density at radius 3 is 2.20 bits per heavy atom. The van der Waals surface area contributed by atoms with Crippen LogP contribution in [0.5, 0.6) is 12.0 Å². The molecule has 0 spiro atoms. The van der Waals surface area contributed by atoms with Gasteiger partial charge in [0.1, 0.15) is 6.10 Å². The van der Waals surface area contributed by atoms with Crippen molar-refractivity contribution in [2.75, 3.05) is 0 Å². The molecule has 1 heterocycles. The second kappa shape index (κ2) is 6.57. The smallest absolute Gasteiger partial charge is 0.324 e. The molecule has 2 rings (SSSR count). The van der Waals surface area contributed by atoms with E-state index in [0.717, 1.165) is 12.8 Å². The maximum Gasteiger partial charge on any atom is 0.324 e. The highest BCUT2D eigenvalue weighted by Gasteiger charge is 2.26. The molecular formula is C14H22ClN3O2. The number of hydrogen-bond acceptors (Lipinski definition) is 5. The lowest BCUT2D eigenvalue weighted by atomic mass is 9.82. The van der Waals surface area contributed by atoms with Crippen LogP contribution < -0.4 is 9.47 Å². The molecule has 0 amide bonds. The molecule has 0 N–H and O–H groups in total. The van der Waals surface area contributed by atoms with Gasteiger partial charge in [0.2, 0.25) is 5.28 Å². The Bertz CT molecular complexity index is 446. The normalized spacial score (nSPS) is 26.6. The average Bonchev–Trinajstić information content (AvgIpc) is 2.24. The third kappa shape index (κ3) is 4.47. The number of hydrogen-bond donors (Lipinski definition) is 0. The SMILES string of the molecule is CC1CC(C)CC(Oc2nc(Cl)nc(OC(C)C)n2)C1. The van der Waals surface area contributed by atoms with Crippen LogP contribution in [0.2, 0.25) is 5.28 Å². The molecule has 1 aromatic rings. The van der Waals surface area contributed by atoms with E-state index in [1.54, 1.807) is 0 Å². The Morgan fingerprint density at radius 2 is 1.60 bits per heavy atom. The summed E-state index contributed by atoms with van der Waals surface area (Å²) in [6.07, 6.45) is 3.41. The highest BCUT2D eigenvalue weighted by atomic mass is 35.5. The highest BCUT2D eigenvalue weighted by molar-refractivity contribution is 6.28. The van der Waals surface area contributed by atoms with E-state index in [4.69, 9.17) is 21.1 Å². The Hall–Kier alpha value is -1.10. The summed E-state index contributed by atoms with van der Waals surface area (Å²) in [4.78, 5) is 12.1. The Morgan fingerprint density at radius 1 is 1.00 bits per heavy atom. The van der Waals surface area contributed by atoms with E-state index < -0.39 is 0 Å². The molecule has 0 aliphatic heterocycles. The van der Waals surface area contributed by atoms with Crippen molar-refractivity contribution in [3.63, 3.8) is 0 Å². The molecule has 2 atom stereocenters. The molecule has 20 heavy (non-hydrogen) atoms. The van der Waals surface area contributed by atoms with E-state index in [2.05, 4.69) is 28.8 Å². The van der Waals surface area contributed by atoms with E-state index in [1.165, 1.54) is 6.42 Å². The molecule has 0 saturated heterocycles. The van der Waals surface area contributed by atoms with Crippen LogP contribution in [0.25, 0.3) is 0 Å². The molecule has 0 radical (unpaired) electrons. The summed E-state index contributed by atoms with van der Waals surface area (Å²) in [5, 5.41) is 0.0996. The second-order valence-corrected chi connectivity index (χ2v) is 6.33. The topological polar surface area (TPSA) is 57.1 Å². The van der Waals surface area contributed by atoms with E-state index in [-0.39, 0.29) is 29.5 Å². The highest BCUT2D eigenvalue weighted by Crippen LogP contribution is 2.30. The van der Waals surface area contributed by atoms with Gasteiger partial charge in [-0.25, -0.2) is 0 Å². The molecule has 6 heteroatoms. The molecule has 2 unspecified atom stereocenters. The zero-order valence-electron chi connectivity index (χ0n) is 12.5. The molecule has 1 saturated carbocycles. The van der Waals surface area contributed by atoms with Gasteiger partial charge in [-0.1, -0.05) is 13.8 Å². The third-order valence-electron chi connectivity index (χ3n) is 3.32. The molecule has 1 aliphatic carbocycles. The number of halogens is 1. The van der Waals surface area contributed by atoms with Crippen LogP contribution in [0.3, 0.4) is 0 Å². The quantitative estimate of drug-likeness (QED) is 0.851. The van der Waals surface area contributed by atoms with Gasteiger partial charge in [0.15, 0.2) is 0 Å². The largest absolute Gasteiger partial charge is 0.461 e. The zero-order chi connectivity index (χ0) is 14.7. The molecule has 5 nitrogen and oxygen atoms in total. The summed E-state index contributed by atoms with van der Waals surface area (Å²) in [5.41, 5.74) is 0.